The third-order valence-corrected chi connectivity index (χ3v) is 4.82. The van der Waals surface area contributed by atoms with Crippen molar-refractivity contribution in [3.63, 3.8) is 0 Å². The minimum Gasteiger partial charge on any atom is -0.381 e. The Labute approximate surface area is 97.8 Å². The van der Waals surface area contributed by atoms with Gasteiger partial charge in [0.15, 0.2) is 0 Å². The van der Waals surface area contributed by atoms with Crippen molar-refractivity contribution in [2.75, 3.05) is 26.3 Å². The van der Waals surface area contributed by atoms with Gasteiger partial charge in [-0.1, -0.05) is 6.92 Å². The Bertz CT molecular complexity index is 286. The van der Waals surface area contributed by atoms with Crippen molar-refractivity contribution in [1.29, 1.82) is 0 Å². The smallest absolute Gasteiger partial charge is 0.214 e. The molecule has 0 radical (unpaired) electrons. The molecule has 0 aromatic rings. The quantitative estimate of drug-likeness (QED) is 0.699. The van der Waals surface area contributed by atoms with E-state index in [0.717, 1.165) is 6.42 Å². The third kappa shape index (κ3) is 4.37. The molecule has 3 N–H and O–H groups in total. The van der Waals surface area contributed by atoms with Crippen LogP contribution in [0.1, 0.15) is 26.2 Å². The Morgan fingerprint density at radius 1 is 1.44 bits per heavy atom. The molecule has 1 saturated heterocycles. The van der Waals surface area contributed by atoms with Gasteiger partial charge in [0.25, 0.3) is 0 Å². The van der Waals surface area contributed by atoms with Crippen molar-refractivity contribution < 1.29 is 13.2 Å². The summed E-state index contributed by atoms with van der Waals surface area (Å²) in [6.07, 6.45) is 2.04. The predicted molar refractivity (Wildman–Crippen MR) is 63.6 cm³/mol. The lowest BCUT2D eigenvalue weighted by Crippen LogP contribution is -2.39. The molecule has 0 aromatic heterocycles. The molecule has 1 unspecified atom stereocenters. The van der Waals surface area contributed by atoms with E-state index in [1.165, 1.54) is 0 Å². The number of ether oxygens (including phenoxy) is 1. The SMILES string of the molecule is CC(CCN)CNS(=O)(=O)C1CCOCC1. The van der Waals surface area contributed by atoms with Gasteiger partial charge >= 0.3 is 0 Å². The van der Waals surface area contributed by atoms with Gasteiger partial charge in [0.1, 0.15) is 0 Å². The molecule has 0 aromatic carbocycles. The van der Waals surface area contributed by atoms with Crippen LogP contribution in [-0.4, -0.2) is 40.0 Å². The van der Waals surface area contributed by atoms with Crippen LogP contribution in [0.2, 0.25) is 0 Å². The van der Waals surface area contributed by atoms with Crippen LogP contribution in [0.3, 0.4) is 0 Å². The lowest BCUT2D eigenvalue weighted by Gasteiger charge is -2.23. The summed E-state index contributed by atoms with van der Waals surface area (Å²) in [6, 6.07) is 0. The Hall–Kier alpha value is -0.170. The van der Waals surface area contributed by atoms with E-state index in [4.69, 9.17) is 10.5 Å². The first-order valence-corrected chi connectivity index (χ1v) is 7.37. The zero-order valence-electron chi connectivity index (χ0n) is 9.81. The highest BCUT2D eigenvalue weighted by Crippen LogP contribution is 2.14. The third-order valence-electron chi connectivity index (χ3n) is 2.90. The topological polar surface area (TPSA) is 81.4 Å². The molecule has 5 nitrogen and oxygen atoms in total. The van der Waals surface area contributed by atoms with E-state index in [-0.39, 0.29) is 5.25 Å². The number of rotatable bonds is 6. The van der Waals surface area contributed by atoms with E-state index in [1.54, 1.807) is 0 Å². The van der Waals surface area contributed by atoms with Crippen molar-refractivity contribution in [3.05, 3.63) is 0 Å². The average molecular weight is 250 g/mol. The summed E-state index contributed by atoms with van der Waals surface area (Å²) in [7, 11) is -3.17. The summed E-state index contributed by atoms with van der Waals surface area (Å²) in [6.45, 7) is 4.17. The molecule has 1 aliphatic heterocycles. The first-order valence-electron chi connectivity index (χ1n) is 5.82. The van der Waals surface area contributed by atoms with Gasteiger partial charge in [-0.05, 0) is 31.7 Å². The van der Waals surface area contributed by atoms with Crippen LogP contribution in [0.25, 0.3) is 0 Å². The van der Waals surface area contributed by atoms with Gasteiger partial charge in [-0.15, -0.1) is 0 Å². The molecule has 6 heteroatoms. The number of nitrogens with one attached hydrogen (secondary N) is 1. The van der Waals surface area contributed by atoms with Crippen LogP contribution in [0, 0.1) is 5.92 Å². The number of hydrogen-bond donors (Lipinski definition) is 2. The van der Waals surface area contributed by atoms with Crippen molar-refractivity contribution in [2.24, 2.45) is 11.7 Å². The fourth-order valence-electron chi connectivity index (χ4n) is 1.75. The molecular formula is C10H22N2O3S. The maximum absolute atomic E-state index is 11.9. The summed E-state index contributed by atoms with van der Waals surface area (Å²) >= 11 is 0. The Morgan fingerprint density at radius 3 is 2.62 bits per heavy atom. The minimum absolute atomic E-state index is 0.286. The molecule has 1 aliphatic rings. The molecular weight excluding hydrogens is 228 g/mol. The van der Waals surface area contributed by atoms with Gasteiger partial charge in [0.2, 0.25) is 10.0 Å². The standard InChI is InChI=1S/C10H22N2O3S/c1-9(2-5-11)8-12-16(13,14)10-3-6-15-7-4-10/h9-10,12H,2-8,11H2,1H3. The largest absolute Gasteiger partial charge is 0.381 e. The molecule has 1 heterocycles. The van der Waals surface area contributed by atoms with Crippen LogP contribution >= 0.6 is 0 Å². The Kier molecular flexibility index (Phi) is 5.68. The zero-order valence-corrected chi connectivity index (χ0v) is 10.6. The van der Waals surface area contributed by atoms with Crippen molar-refractivity contribution in [3.8, 4) is 0 Å². The van der Waals surface area contributed by atoms with Crippen LogP contribution in [0.15, 0.2) is 0 Å². The molecule has 0 spiro atoms. The molecule has 16 heavy (non-hydrogen) atoms. The second kappa shape index (κ2) is 6.54. The number of nitrogens with two attached hydrogens (primary N) is 1. The summed E-state index contributed by atoms with van der Waals surface area (Å²) in [5, 5.41) is -0.286. The number of hydrogen-bond acceptors (Lipinski definition) is 4. The summed E-state index contributed by atoms with van der Waals surface area (Å²) in [5.41, 5.74) is 5.42. The molecule has 1 fully saturated rings. The Balaban J connectivity index is 2.38. The monoisotopic (exact) mass is 250 g/mol. The average Bonchev–Trinajstić information content (AvgIpc) is 2.28. The van der Waals surface area contributed by atoms with Gasteiger partial charge < -0.3 is 10.5 Å². The lowest BCUT2D eigenvalue weighted by molar-refractivity contribution is 0.0981. The highest BCUT2D eigenvalue weighted by molar-refractivity contribution is 7.90. The summed E-state index contributed by atoms with van der Waals surface area (Å²) in [4.78, 5) is 0. The van der Waals surface area contributed by atoms with Crippen LogP contribution in [0.4, 0.5) is 0 Å². The molecule has 0 amide bonds. The maximum Gasteiger partial charge on any atom is 0.214 e. The van der Waals surface area contributed by atoms with Gasteiger partial charge in [0.05, 0.1) is 5.25 Å². The fraction of sp³-hybridized carbons (Fsp3) is 1.00. The van der Waals surface area contributed by atoms with Gasteiger partial charge in [0, 0.05) is 19.8 Å². The van der Waals surface area contributed by atoms with Crippen molar-refractivity contribution in [2.45, 2.75) is 31.4 Å². The van der Waals surface area contributed by atoms with E-state index < -0.39 is 10.0 Å². The first-order chi connectivity index (χ1) is 7.56. The zero-order chi connectivity index (χ0) is 12.0. The van der Waals surface area contributed by atoms with Crippen molar-refractivity contribution >= 4 is 10.0 Å². The van der Waals surface area contributed by atoms with Gasteiger partial charge in [-0.2, -0.15) is 0 Å². The second-order valence-corrected chi connectivity index (χ2v) is 6.43. The molecule has 0 aliphatic carbocycles. The first kappa shape index (κ1) is 13.9. The van der Waals surface area contributed by atoms with E-state index in [2.05, 4.69) is 4.72 Å². The molecule has 1 atom stereocenters. The lowest BCUT2D eigenvalue weighted by atomic mass is 10.1. The summed E-state index contributed by atoms with van der Waals surface area (Å²) in [5.74, 6) is 0.291. The van der Waals surface area contributed by atoms with Crippen LogP contribution in [-0.2, 0) is 14.8 Å². The van der Waals surface area contributed by atoms with Gasteiger partial charge in [-0.25, -0.2) is 13.1 Å². The normalized spacial score (nSPS) is 20.9. The molecule has 0 bridgehead atoms. The Morgan fingerprint density at radius 2 is 2.06 bits per heavy atom. The van der Waals surface area contributed by atoms with Crippen LogP contribution < -0.4 is 10.5 Å². The highest BCUT2D eigenvalue weighted by atomic mass is 32.2. The second-order valence-electron chi connectivity index (χ2n) is 4.39. The predicted octanol–water partition coefficient (Wildman–Crippen LogP) is 0.0697. The van der Waals surface area contributed by atoms with E-state index in [9.17, 15) is 8.42 Å². The van der Waals surface area contributed by atoms with E-state index in [1.807, 2.05) is 6.92 Å². The van der Waals surface area contributed by atoms with Gasteiger partial charge in [-0.3, -0.25) is 0 Å². The maximum atomic E-state index is 11.9. The minimum atomic E-state index is -3.17. The number of sulfonamides is 1. The molecule has 96 valence electrons. The van der Waals surface area contributed by atoms with E-state index in [0.29, 0.717) is 45.1 Å². The molecule has 0 saturated carbocycles. The fourth-order valence-corrected chi connectivity index (χ4v) is 3.31. The van der Waals surface area contributed by atoms with E-state index >= 15 is 0 Å². The summed E-state index contributed by atoms with van der Waals surface area (Å²) < 4.78 is 31.6. The molecule has 1 rings (SSSR count). The van der Waals surface area contributed by atoms with Crippen molar-refractivity contribution in [1.82, 2.24) is 4.72 Å². The highest BCUT2D eigenvalue weighted by Gasteiger charge is 2.27. The van der Waals surface area contributed by atoms with Crippen LogP contribution in [0.5, 0.6) is 0 Å².